The third kappa shape index (κ3) is 4.91. The molecular formula is C24H30N4O. The Bertz CT molecular complexity index is 990. The zero-order valence-corrected chi connectivity index (χ0v) is 17.9. The number of nitrogens with zero attached hydrogens (tertiary/aromatic N) is 2. The molecule has 3 rings (SSSR count). The van der Waals surface area contributed by atoms with E-state index in [1.807, 2.05) is 13.0 Å². The molecule has 2 aromatic heterocycles. The minimum atomic E-state index is -0.154. The van der Waals surface area contributed by atoms with Gasteiger partial charge in [0.15, 0.2) is 0 Å². The molecule has 1 amide bonds. The van der Waals surface area contributed by atoms with Gasteiger partial charge < -0.3 is 5.32 Å². The summed E-state index contributed by atoms with van der Waals surface area (Å²) >= 11 is 0. The Labute approximate surface area is 173 Å². The van der Waals surface area contributed by atoms with Crippen LogP contribution in [-0.4, -0.2) is 27.6 Å². The van der Waals surface area contributed by atoms with Crippen LogP contribution < -0.4 is 5.32 Å². The van der Waals surface area contributed by atoms with Gasteiger partial charge in [0.05, 0.1) is 0 Å². The van der Waals surface area contributed by atoms with Gasteiger partial charge in [-0.1, -0.05) is 45.0 Å². The smallest absolute Gasteiger partial charge is 0.271 e. The maximum atomic E-state index is 12.5. The van der Waals surface area contributed by atoms with Crippen LogP contribution in [0.4, 0.5) is 0 Å². The molecule has 0 radical (unpaired) electrons. The van der Waals surface area contributed by atoms with Crippen molar-refractivity contribution >= 4 is 5.91 Å². The van der Waals surface area contributed by atoms with Gasteiger partial charge in [0, 0.05) is 29.5 Å². The van der Waals surface area contributed by atoms with Crippen LogP contribution in [0.15, 0.2) is 42.5 Å². The molecule has 1 aromatic carbocycles. The van der Waals surface area contributed by atoms with Gasteiger partial charge in [0.25, 0.3) is 5.91 Å². The monoisotopic (exact) mass is 390 g/mol. The first kappa shape index (κ1) is 20.8. The second kappa shape index (κ2) is 9.03. The SMILES string of the molecule is CCC(CNC(=O)c1cc(C(C)C)[nH]n1)c1cc(-c2ccccc2C)cc(C)n1. The number of H-pyrrole nitrogens is 1. The summed E-state index contributed by atoms with van der Waals surface area (Å²) in [5.74, 6) is 0.298. The quantitative estimate of drug-likeness (QED) is 0.587. The lowest BCUT2D eigenvalue weighted by Gasteiger charge is -2.17. The minimum absolute atomic E-state index is 0.144. The Hall–Kier alpha value is -2.95. The van der Waals surface area contributed by atoms with Crippen molar-refractivity contribution in [2.75, 3.05) is 6.54 Å². The second-order valence-electron chi connectivity index (χ2n) is 7.92. The summed E-state index contributed by atoms with van der Waals surface area (Å²) in [6.07, 6.45) is 0.891. The summed E-state index contributed by atoms with van der Waals surface area (Å²) in [6, 6.07) is 14.5. The Kier molecular flexibility index (Phi) is 6.47. The van der Waals surface area contributed by atoms with Crippen LogP contribution in [-0.2, 0) is 0 Å². The van der Waals surface area contributed by atoms with Crippen molar-refractivity contribution < 1.29 is 4.79 Å². The highest BCUT2D eigenvalue weighted by molar-refractivity contribution is 5.92. The number of hydrogen-bond donors (Lipinski definition) is 2. The van der Waals surface area contributed by atoms with E-state index in [2.05, 4.69) is 79.6 Å². The molecule has 1 atom stereocenters. The predicted octanol–water partition coefficient (Wildman–Crippen LogP) is 5.14. The van der Waals surface area contributed by atoms with Gasteiger partial charge in [-0.3, -0.25) is 14.9 Å². The molecule has 0 saturated carbocycles. The number of aryl methyl sites for hydroxylation is 2. The van der Waals surface area contributed by atoms with Crippen LogP contribution in [0.2, 0.25) is 0 Å². The third-order valence-corrected chi connectivity index (χ3v) is 5.30. The molecule has 0 fully saturated rings. The number of aromatic nitrogens is 3. The van der Waals surface area contributed by atoms with E-state index >= 15 is 0 Å². The van der Waals surface area contributed by atoms with Gasteiger partial charge in [0.2, 0.25) is 0 Å². The number of carbonyl (C=O) groups is 1. The highest BCUT2D eigenvalue weighted by Crippen LogP contribution is 2.27. The number of rotatable bonds is 7. The molecule has 5 heteroatoms. The number of amides is 1. The summed E-state index contributed by atoms with van der Waals surface area (Å²) in [5, 5.41) is 10.1. The average Bonchev–Trinajstić information content (AvgIpc) is 3.19. The van der Waals surface area contributed by atoms with E-state index in [1.165, 1.54) is 16.7 Å². The average molecular weight is 391 g/mol. The van der Waals surface area contributed by atoms with Gasteiger partial charge in [-0.15, -0.1) is 0 Å². The summed E-state index contributed by atoms with van der Waals surface area (Å²) in [4.78, 5) is 17.3. The first-order valence-corrected chi connectivity index (χ1v) is 10.3. The summed E-state index contributed by atoms with van der Waals surface area (Å²) < 4.78 is 0. The molecule has 1 unspecified atom stereocenters. The van der Waals surface area contributed by atoms with E-state index in [-0.39, 0.29) is 11.8 Å². The number of nitrogens with one attached hydrogen (secondary N) is 2. The van der Waals surface area contributed by atoms with Crippen molar-refractivity contribution in [2.45, 2.75) is 52.9 Å². The van der Waals surface area contributed by atoms with E-state index in [0.717, 1.165) is 23.5 Å². The zero-order chi connectivity index (χ0) is 21.0. The maximum absolute atomic E-state index is 12.5. The van der Waals surface area contributed by atoms with Crippen molar-refractivity contribution in [3.63, 3.8) is 0 Å². The van der Waals surface area contributed by atoms with Crippen LogP contribution >= 0.6 is 0 Å². The zero-order valence-electron chi connectivity index (χ0n) is 17.9. The Morgan fingerprint density at radius 3 is 2.55 bits per heavy atom. The maximum Gasteiger partial charge on any atom is 0.271 e. The lowest BCUT2D eigenvalue weighted by molar-refractivity contribution is 0.0945. The molecule has 3 aromatic rings. The first-order valence-electron chi connectivity index (χ1n) is 10.3. The van der Waals surface area contributed by atoms with Crippen molar-refractivity contribution in [2.24, 2.45) is 0 Å². The molecule has 0 spiro atoms. The molecule has 29 heavy (non-hydrogen) atoms. The van der Waals surface area contributed by atoms with Gasteiger partial charge in [-0.05, 0) is 61.1 Å². The molecule has 2 N–H and O–H groups in total. The number of pyridine rings is 1. The Balaban J connectivity index is 1.77. The van der Waals surface area contributed by atoms with E-state index in [9.17, 15) is 4.79 Å². The molecule has 0 bridgehead atoms. The molecule has 2 heterocycles. The third-order valence-electron chi connectivity index (χ3n) is 5.30. The Morgan fingerprint density at radius 2 is 1.90 bits per heavy atom. The molecule has 152 valence electrons. The van der Waals surface area contributed by atoms with E-state index < -0.39 is 0 Å². The molecule has 0 aliphatic heterocycles. The summed E-state index contributed by atoms with van der Waals surface area (Å²) in [7, 11) is 0. The van der Waals surface area contributed by atoms with Gasteiger partial charge >= 0.3 is 0 Å². The van der Waals surface area contributed by atoms with Crippen LogP contribution in [0, 0.1) is 13.8 Å². The summed E-state index contributed by atoms with van der Waals surface area (Å²) in [6.45, 7) is 10.9. The van der Waals surface area contributed by atoms with Gasteiger partial charge in [0.1, 0.15) is 5.69 Å². The molecular weight excluding hydrogens is 360 g/mol. The standard InChI is InChI=1S/C24H30N4O/c1-6-18(14-25-24(29)23-13-21(15(2)3)27-28-23)22-12-19(11-17(5)26-22)20-10-8-7-9-16(20)4/h7-13,15,18H,6,14H2,1-5H3,(H,25,29)(H,27,28). The van der Waals surface area contributed by atoms with Crippen LogP contribution in [0.5, 0.6) is 0 Å². The van der Waals surface area contributed by atoms with Crippen LogP contribution in [0.1, 0.15) is 72.2 Å². The minimum Gasteiger partial charge on any atom is -0.350 e. The van der Waals surface area contributed by atoms with Gasteiger partial charge in [-0.2, -0.15) is 5.10 Å². The van der Waals surface area contributed by atoms with Gasteiger partial charge in [-0.25, -0.2) is 0 Å². The topological polar surface area (TPSA) is 70.7 Å². The molecule has 0 aliphatic rings. The number of aromatic amines is 1. The number of hydrogen-bond acceptors (Lipinski definition) is 3. The van der Waals surface area contributed by atoms with Crippen LogP contribution in [0.25, 0.3) is 11.1 Å². The largest absolute Gasteiger partial charge is 0.350 e. The normalized spacial score (nSPS) is 12.2. The lowest BCUT2D eigenvalue weighted by Crippen LogP contribution is -2.29. The molecule has 0 saturated heterocycles. The highest BCUT2D eigenvalue weighted by Gasteiger charge is 2.17. The van der Waals surface area contributed by atoms with Crippen LogP contribution in [0.3, 0.4) is 0 Å². The van der Waals surface area contributed by atoms with E-state index in [0.29, 0.717) is 18.2 Å². The van der Waals surface area contributed by atoms with E-state index in [1.54, 1.807) is 0 Å². The fraction of sp³-hybridized carbons (Fsp3) is 0.375. The van der Waals surface area contributed by atoms with Crippen molar-refractivity contribution in [1.82, 2.24) is 20.5 Å². The van der Waals surface area contributed by atoms with Crippen molar-refractivity contribution in [1.29, 1.82) is 0 Å². The number of carbonyl (C=O) groups excluding carboxylic acids is 1. The van der Waals surface area contributed by atoms with E-state index in [4.69, 9.17) is 4.98 Å². The molecule has 0 aliphatic carbocycles. The fourth-order valence-corrected chi connectivity index (χ4v) is 3.47. The number of benzene rings is 1. The predicted molar refractivity (Wildman–Crippen MR) is 117 cm³/mol. The fourth-order valence-electron chi connectivity index (χ4n) is 3.47. The molecule has 5 nitrogen and oxygen atoms in total. The second-order valence-corrected chi connectivity index (χ2v) is 7.92. The van der Waals surface area contributed by atoms with Crippen molar-refractivity contribution in [3.8, 4) is 11.1 Å². The first-order chi connectivity index (χ1) is 13.9. The van der Waals surface area contributed by atoms with Crippen molar-refractivity contribution in [3.05, 3.63) is 70.8 Å². The summed E-state index contributed by atoms with van der Waals surface area (Å²) in [5.41, 5.74) is 7.02. The lowest BCUT2D eigenvalue weighted by atomic mass is 9.95. The highest BCUT2D eigenvalue weighted by atomic mass is 16.1. The Morgan fingerprint density at radius 1 is 1.14 bits per heavy atom.